The Balaban J connectivity index is 1.74. The molecule has 3 heteroatoms. The summed E-state index contributed by atoms with van der Waals surface area (Å²) in [6.07, 6.45) is -0.339. The average molecular weight is 239 g/mol. The summed E-state index contributed by atoms with van der Waals surface area (Å²) in [5.74, 6) is -0.254. The first-order chi connectivity index (χ1) is 8.84. The van der Waals surface area contributed by atoms with Gasteiger partial charge in [0.1, 0.15) is 0 Å². The van der Waals surface area contributed by atoms with Crippen LogP contribution in [0.15, 0.2) is 54.6 Å². The van der Waals surface area contributed by atoms with Crippen molar-refractivity contribution in [1.29, 1.82) is 0 Å². The highest BCUT2D eigenvalue weighted by atomic mass is 16.6. The van der Waals surface area contributed by atoms with Gasteiger partial charge in [-0.1, -0.05) is 48.5 Å². The minimum absolute atomic E-state index is 0.254. The first kappa shape index (κ1) is 11.0. The van der Waals surface area contributed by atoms with E-state index in [2.05, 4.69) is 5.32 Å². The third-order valence-electron chi connectivity index (χ3n) is 3.02. The highest BCUT2D eigenvalue weighted by Crippen LogP contribution is 2.28. The normalized spacial score (nSPS) is 17.3. The van der Waals surface area contributed by atoms with Crippen LogP contribution in [0.25, 0.3) is 0 Å². The molecule has 90 valence electrons. The smallest absolute Gasteiger partial charge is 0.340 e. The van der Waals surface area contributed by atoms with Crippen LogP contribution in [0.5, 0.6) is 0 Å². The number of ether oxygens (including phenoxy) is 1. The molecule has 3 rings (SSSR count). The van der Waals surface area contributed by atoms with E-state index >= 15 is 0 Å². The Morgan fingerprint density at radius 2 is 1.72 bits per heavy atom. The second-order valence-electron chi connectivity index (χ2n) is 4.24. The molecule has 2 aromatic carbocycles. The minimum Gasteiger partial charge on any atom is -0.439 e. The van der Waals surface area contributed by atoms with Gasteiger partial charge in [-0.05, 0) is 11.6 Å². The van der Waals surface area contributed by atoms with Crippen LogP contribution >= 0.6 is 0 Å². The minimum atomic E-state index is -0.339. The fourth-order valence-corrected chi connectivity index (χ4v) is 2.10. The molecule has 3 nitrogen and oxygen atoms in total. The first-order valence-electron chi connectivity index (χ1n) is 5.92. The number of carbonyl (C=O) groups is 1. The van der Waals surface area contributed by atoms with Gasteiger partial charge in [0.05, 0.1) is 5.56 Å². The van der Waals surface area contributed by atoms with Crippen LogP contribution < -0.4 is 5.32 Å². The molecule has 1 atom stereocenters. The van der Waals surface area contributed by atoms with Crippen LogP contribution in [0.1, 0.15) is 27.7 Å². The lowest BCUT2D eigenvalue weighted by Crippen LogP contribution is -2.20. The number of hydrogen-bond donors (Lipinski definition) is 1. The number of fused-ring (bicyclic) bond motifs is 1. The number of hydrogen-bond acceptors (Lipinski definition) is 3. The van der Waals surface area contributed by atoms with Crippen molar-refractivity contribution in [2.45, 2.75) is 12.8 Å². The summed E-state index contributed by atoms with van der Waals surface area (Å²) in [6.45, 7) is 0.674. The van der Waals surface area contributed by atoms with Gasteiger partial charge >= 0.3 is 5.97 Å². The van der Waals surface area contributed by atoms with E-state index < -0.39 is 0 Å². The Kier molecular flexibility index (Phi) is 2.82. The number of carbonyl (C=O) groups excluding carboxylic acids is 1. The molecule has 1 aliphatic rings. The lowest BCUT2D eigenvalue weighted by atomic mass is 10.1. The van der Waals surface area contributed by atoms with Crippen molar-refractivity contribution in [3.05, 3.63) is 71.3 Å². The molecule has 1 unspecified atom stereocenters. The number of cyclic esters (lactones) is 1. The van der Waals surface area contributed by atoms with Gasteiger partial charge in [0.2, 0.25) is 0 Å². The van der Waals surface area contributed by atoms with Crippen LogP contribution in [0.2, 0.25) is 0 Å². The van der Waals surface area contributed by atoms with Crippen molar-refractivity contribution in [3.63, 3.8) is 0 Å². The maximum atomic E-state index is 11.6. The molecular formula is C15H13NO2. The van der Waals surface area contributed by atoms with Gasteiger partial charge in [-0.3, -0.25) is 5.32 Å². The van der Waals surface area contributed by atoms with Crippen molar-refractivity contribution < 1.29 is 9.53 Å². The van der Waals surface area contributed by atoms with E-state index in [0.717, 1.165) is 11.1 Å². The predicted octanol–water partition coefficient (Wildman–Crippen LogP) is 2.65. The molecule has 1 N–H and O–H groups in total. The maximum Gasteiger partial charge on any atom is 0.340 e. The lowest BCUT2D eigenvalue weighted by molar-refractivity contribution is 0.0303. The monoisotopic (exact) mass is 239 g/mol. The largest absolute Gasteiger partial charge is 0.439 e. The quantitative estimate of drug-likeness (QED) is 0.837. The molecule has 0 saturated heterocycles. The molecule has 0 amide bonds. The molecule has 2 aromatic rings. The van der Waals surface area contributed by atoms with Crippen LogP contribution in [0.3, 0.4) is 0 Å². The summed E-state index contributed by atoms with van der Waals surface area (Å²) in [6, 6.07) is 17.5. The highest BCUT2D eigenvalue weighted by Gasteiger charge is 2.29. The molecule has 0 spiro atoms. The third kappa shape index (κ3) is 2.00. The van der Waals surface area contributed by atoms with Crippen molar-refractivity contribution in [2.24, 2.45) is 0 Å². The summed E-state index contributed by atoms with van der Waals surface area (Å²) in [5, 5.41) is 3.24. The Morgan fingerprint density at radius 3 is 2.56 bits per heavy atom. The Bertz CT molecular complexity index is 566. The zero-order chi connectivity index (χ0) is 12.4. The van der Waals surface area contributed by atoms with E-state index in [-0.39, 0.29) is 12.2 Å². The van der Waals surface area contributed by atoms with Crippen LogP contribution in [-0.4, -0.2) is 5.97 Å². The van der Waals surface area contributed by atoms with E-state index in [1.807, 2.05) is 48.5 Å². The highest BCUT2D eigenvalue weighted by molar-refractivity contribution is 5.93. The van der Waals surface area contributed by atoms with Crippen LogP contribution in [-0.2, 0) is 11.3 Å². The number of nitrogens with one attached hydrogen (secondary N) is 1. The van der Waals surface area contributed by atoms with E-state index in [1.54, 1.807) is 6.07 Å². The van der Waals surface area contributed by atoms with Crippen molar-refractivity contribution in [3.8, 4) is 0 Å². The van der Waals surface area contributed by atoms with Crippen molar-refractivity contribution in [2.75, 3.05) is 0 Å². The molecule has 0 saturated carbocycles. The average Bonchev–Trinajstić information content (AvgIpc) is 2.75. The summed E-state index contributed by atoms with van der Waals surface area (Å²) in [4.78, 5) is 11.6. The van der Waals surface area contributed by atoms with Gasteiger partial charge in [-0.2, -0.15) is 0 Å². The van der Waals surface area contributed by atoms with Gasteiger partial charge in [0.15, 0.2) is 6.23 Å². The number of rotatable bonds is 3. The van der Waals surface area contributed by atoms with Gasteiger partial charge in [0, 0.05) is 12.1 Å². The third-order valence-corrected chi connectivity index (χ3v) is 3.02. The second kappa shape index (κ2) is 4.63. The van der Waals surface area contributed by atoms with Crippen LogP contribution in [0, 0.1) is 0 Å². The summed E-state index contributed by atoms with van der Waals surface area (Å²) < 4.78 is 5.30. The zero-order valence-corrected chi connectivity index (χ0v) is 9.80. The van der Waals surface area contributed by atoms with Crippen LogP contribution in [0.4, 0.5) is 0 Å². The topological polar surface area (TPSA) is 38.3 Å². The van der Waals surface area contributed by atoms with E-state index in [0.29, 0.717) is 12.1 Å². The molecule has 0 aromatic heterocycles. The molecule has 0 fully saturated rings. The Morgan fingerprint density at radius 1 is 1.00 bits per heavy atom. The SMILES string of the molecule is O=C1OC(NCc2ccccc2)c2ccccc21. The Labute approximate surface area is 105 Å². The van der Waals surface area contributed by atoms with E-state index in [1.165, 1.54) is 0 Å². The van der Waals surface area contributed by atoms with Gasteiger partial charge in [0.25, 0.3) is 0 Å². The van der Waals surface area contributed by atoms with Gasteiger partial charge in [-0.15, -0.1) is 0 Å². The number of benzene rings is 2. The Hall–Kier alpha value is -2.13. The molecule has 0 bridgehead atoms. The maximum absolute atomic E-state index is 11.6. The summed E-state index contributed by atoms with van der Waals surface area (Å²) in [5.41, 5.74) is 2.74. The number of esters is 1. The lowest BCUT2D eigenvalue weighted by Gasteiger charge is -2.12. The fourth-order valence-electron chi connectivity index (χ4n) is 2.10. The summed E-state index contributed by atoms with van der Waals surface area (Å²) >= 11 is 0. The van der Waals surface area contributed by atoms with E-state index in [9.17, 15) is 4.79 Å². The molecule has 1 aliphatic heterocycles. The standard InChI is InChI=1S/C15H13NO2/c17-15-13-9-5-4-8-12(13)14(18-15)16-10-11-6-2-1-3-7-11/h1-9,14,16H,10H2. The van der Waals surface area contributed by atoms with Gasteiger partial charge < -0.3 is 4.74 Å². The first-order valence-corrected chi connectivity index (χ1v) is 5.92. The van der Waals surface area contributed by atoms with Crippen molar-refractivity contribution in [1.82, 2.24) is 5.32 Å². The fraction of sp³-hybridized carbons (Fsp3) is 0.133. The van der Waals surface area contributed by atoms with E-state index in [4.69, 9.17) is 4.74 Å². The molecule has 1 heterocycles. The molecule has 18 heavy (non-hydrogen) atoms. The summed E-state index contributed by atoms with van der Waals surface area (Å²) in [7, 11) is 0. The zero-order valence-electron chi connectivity index (χ0n) is 9.80. The molecule has 0 radical (unpaired) electrons. The second-order valence-corrected chi connectivity index (χ2v) is 4.24. The molecule has 0 aliphatic carbocycles. The van der Waals surface area contributed by atoms with Gasteiger partial charge in [-0.25, -0.2) is 4.79 Å². The predicted molar refractivity (Wildman–Crippen MR) is 67.9 cm³/mol. The van der Waals surface area contributed by atoms with Crippen molar-refractivity contribution >= 4 is 5.97 Å². The molecular weight excluding hydrogens is 226 g/mol.